The van der Waals surface area contributed by atoms with Gasteiger partial charge in [0.05, 0.1) is 5.60 Å². The maximum absolute atomic E-state index is 9.90. The lowest BCUT2D eigenvalue weighted by atomic mass is 10.1. The third kappa shape index (κ3) is 2.92. The van der Waals surface area contributed by atoms with Gasteiger partial charge in [0.2, 0.25) is 0 Å². The van der Waals surface area contributed by atoms with Gasteiger partial charge in [-0.1, -0.05) is 0 Å². The number of aromatic nitrogens is 3. The van der Waals surface area contributed by atoms with Crippen LogP contribution in [0, 0.1) is 0 Å². The molecule has 0 amide bonds. The van der Waals surface area contributed by atoms with E-state index in [0.717, 1.165) is 17.9 Å². The van der Waals surface area contributed by atoms with E-state index in [2.05, 4.69) is 15.0 Å². The average molecular weight is 246 g/mol. The van der Waals surface area contributed by atoms with Crippen molar-refractivity contribution in [3.05, 3.63) is 24.5 Å². The molecule has 0 spiro atoms. The monoisotopic (exact) mass is 246 g/mol. The van der Waals surface area contributed by atoms with Crippen LogP contribution < -0.4 is 4.90 Å². The van der Waals surface area contributed by atoms with Gasteiger partial charge in [-0.3, -0.25) is 4.98 Å². The molecule has 0 aliphatic heterocycles. The predicted molar refractivity (Wildman–Crippen MR) is 71.5 cm³/mol. The van der Waals surface area contributed by atoms with Gasteiger partial charge in [0.1, 0.15) is 11.3 Å². The molecule has 0 aliphatic rings. The van der Waals surface area contributed by atoms with Gasteiger partial charge in [0.25, 0.3) is 0 Å². The van der Waals surface area contributed by atoms with Gasteiger partial charge >= 0.3 is 0 Å². The zero-order chi connectivity index (χ0) is 13.2. The highest BCUT2D eigenvalue weighted by Gasteiger charge is 2.18. The summed E-state index contributed by atoms with van der Waals surface area (Å²) in [6.07, 6.45) is 3.28. The quantitative estimate of drug-likeness (QED) is 0.888. The van der Waals surface area contributed by atoms with Gasteiger partial charge in [-0.2, -0.15) is 0 Å². The fraction of sp³-hybridized carbons (Fsp3) is 0.462. The Bertz CT molecular complexity index is 536. The van der Waals surface area contributed by atoms with Gasteiger partial charge < -0.3 is 10.0 Å². The molecule has 0 radical (unpaired) electrons. The van der Waals surface area contributed by atoms with E-state index in [-0.39, 0.29) is 0 Å². The van der Waals surface area contributed by atoms with Gasteiger partial charge in [-0.15, -0.1) is 0 Å². The lowest BCUT2D eigenvalue weighted by molar-refractivity contribution is 0.0874. The van der Waals surface area contributed by atoms with Crippen molar-refractivity contribution in [2.24, 2.45) is 0 Å². The molecule has 5 heteroatoms. The van der Waals surface area contributed by atoms with Crippen LogP contribution in [-0.4, -0.2) is 38.7 Å². The van der Waals surface area contributed by atoms with E-state index in [0.29, 0.717) is 12.2 Å². The number of hydrogen-bond donors (Lipinski definition) is 1. The highest BCUT2D eigenvalue weighted by molar-refractivity contribution is 5.71. The van der Waals surface area contributed by atoms with Gasteiger partial charge in [-0.25, -0.2) is 9.97 Å². The topological polar surface area (TPSA) is 62.1 Å². The molecule has 96 valence electrons. The van der Waals surface area contributed by atoms with Crippen molar-refractivity contribution >= 4 is 17.0 Å². The second-order valence-corrected chi connectivity index (χ2v) is 4.90. The molecular formula is C13H18N4O. The molecule has 0 atom stereocenters. The number of aliphatic hydroxyl groups is 1. The molecule has 0 aliphatic carbocycles. The number of likely N-dealkylation sites (N-methyl/N-ethyl adjacent to an activating group) is 1. The molecule has 0 bridgehead atoms. The largest absolute Gasteiger partial charge is 0.389 e. The van der Waals surface area contributed by atoms with E-state index in [9.17, 15) is 5.11 Å². The SMILES string of the molecule is CCN(CC(C)(C)O)c1ccc2nccnc2n1. The third-order valence-corrected chi connectivity index (χ3v) is 2.60. The van der Waals surface area contributed by atoms with Crippen molar-refractivity contribution in [3.8, 4) is 0 Å². The molecule has 0 saturated heterocycles. The first-order valence-electron chi connectivity index (χ1n) is 6.05. The van der Waals surface area contributed by atoms with Crippen LogP contribution in [0.2, 0.25) is 0 Å². The minimum atomic E-state index is -0.755. The van der Waals surface area contributed by atoms with Crippen LogP contribution in [0.1, 0.15) is 20.8 Å². The zero-order valence-corrected chi connectivity index (χ0v) is 11.0. The summed E-state index contributed by atoms with van der Waals surface area (Å²) in [4.78, 5) is 14.9. The van der Waals surface area contributed by atoms with Crippen LogP contribution in [0.3, 0.4) is 0 Å². The highest BCUT2D eigenvalue weighted by Crippen LogP contribution is 2.17. The van der Waals surface area contributed by atoms with Crippen LogP contribution in [0.4, 0.5) is 5.82 Å². The second-order valence-electron chi connectivity index (χ2n) is 4.90. The van der Waals surface area contributed by atoms with Crippen LogP contribution in [0.25, 0.3) is 11.2 Å². The highest BCUT2D eigenvalue weighted by atomic mass is 16.3. The molecule has 0 fully saturated rings. The van der Waals surface area contributed by atoms with E-state index < -0.39 is 5.60 Å². The van der Waals surface area contributed by atoms with Crippen molar-refractivity contribution in [3.63, 3.8) is 0 Å². The minimum Gasteiger partial charge on any atom is -0.389 e. The minimum absolute atomic E-state index is 0.530. The van der Waals surface area contributed by atoms with Crippen molar-refractivity contribution in [1.29, 1.82) is 0 Å². The molecule has 2 rings (SSSR count). The maximum Gasteiger partial charge on any atom is 0.180 e. The van der Waals surface area contributed by atoms with Crippen molar-refractivity contribution in [1.82, 2.24) is 15.0 Å². The molecule has 0 saturated carbocycles. The number of rotatable bonds is 4. The lowest BCUT2D eigenvalue weighted by Gasteiger charge is -2.28. The molecular weight excluding hydrogens is 228 g/mol. The predicted octanol–water partition coefficient (Wildman–Crippen LogP) is 1.62. The Labute approximate surface area is 107 Å². The summed E-state index contributed by atoms with van der Waals surface area (Å²) < 4.78 is 0. The number of fused-ring (bicyclic) bond motifs is 1. The van der Waals surface area contributed by atoms with Crippen molar-refractivity contribution < 1.29 is 5.11 Å². The summed E-state index contributed by atoms with van der Waals surface area (Å²) >= 11 is 0. The van der Waals surface area contributed by atoms with E-state index in [1.165, 1.54) is 0 Å². The second kappa shape index (κ2) is 4.86. The van der Waals surface area contributed by atoms with Gasteiger partial charge in [0.15, 0.2) is 5.65 Å². The number of hydrogen-bond acceptors (Lipinski definition) is 5. The average Bonchev–Trinajstić information content (AvgIpc) is 2.34. The summed E-state index contributed by atoms with van der Waals surface area (Å²) in [7, 11) is 0. The summed E-state index contributed by atoms with van der Waals surface area (Å²) in [6, 6.07) is 3.81. The number of anilines is 1. The Hall–Kier alpha value is -1.75. The van der Waals surface area contributed by atoms with Gasteiger partial charge in [-0.05, 0) is 32.9 Å². The number of nitrogens with zero attached hydrogens (tertiary/aromatic N) is 4. The molecule has 2 aromatic rings. The molecule has 0 unspecified atom stereocenters. The molecule has 2 aromatic heterocycles. The lowest BCUT2D eigenvalue weighted by Crippen LogP contribution is -2.39. The van der Waals surface area contributed by atoms with Crippen LogP contribution >= 0.6 is 0 Å². The Morgan fingerprint density at radius 1 is 1.22 bits per heavy atom. The Morgan fingerprint density at radius 2 is 1.94 bits per heavy atom. The van der Waals surface area contributed by atoms with Crippen molar-refractivity contribution in [2.45, 2.75) is 26.4 Å². The fourth-order valence-electron chi connectivity index (χ4n) is 1.84. The van der Waals surface area contributed by atoms with Crippen LogP contribution in [-0.2, 0) is 0 Å². The molecule has 2 heterocycles. The first-order valence-corrected chi connectivity index (χ1v) is 6.05. The van der Waals surface area contributed by atoms with E-state index in [4.69, 9.17) is 0 Å². The summed E-state index contributed by atoms with van der Waals surface area (Å²) in [5.74, 6) is 0.813. The first kappa shape index (κ1) is 12.7. The Balaban J connectivity index is 2.33. The molecule has 1 N–H and O–H groups in total. The summed E-state index contributed by atoms with van der Waals surface area (Å²) in [5, 5.41) is 9.90. The first-order chi connectivity index (χ1) is 8.49. The molecule has 0 aromatic carbocycles. The third-order valence-electron chi connectivity index (χ3n) is 2.60. The van der Waals surface area contributed by atoms with E-state index in [1.54, 1.807) is 26.2 Å². The number of pyridine rings is 1. The Kier molecular flexibility index (Phi) is 3.43. The molecule has 5 nitrogen and oxygen atoms in total. The maximum atomic E-state index is 9.90. The smallest absolute Gasteiger partial charge is 0.180 e. The van der Waals surface area contributed by atoms with Crippen LogP contribution in [0.5, 0.6) is 0 Å². The van der Waals surface area contributed by atoms with E-state index >= 15 is 0 Å². The van der Waals surface area contributed by atoms with Crippen LogP contribution in [0.15, 0.2) is 24.5 Å². The summed E-state index contributed by atoms with van der Waals surface area (Å²) in [5.41, 5.74) is 0.652. The fourth-order valence-corrected chi connectivity index (χ4v) is 1.84. The normalized spacial score (nSPS) is 11.8. The zero-order valence-electron chi connectivity index (χ0n) is 11.0. The molecule has 18 heavy (non-hydrogen) atoms. The van der Waals surface area contributed by atoms with Crippen molar-refractivity contribution in [2.75, 3.05) is 18.0 Å². The van der Waals surface area contributed by atoms with E-state index in [1.807, 2.05) is 24.0 Å². The Morgan fingerprint density at radius 3 is 2.61 bits per heavy atom. The summed E-state index contributed by atoms with van der Waals surface area (Å²) in [6.45, 7) is 6.92. The standard InChI is InChI=1S/C13H18N4O/c1-4-17(9-13(2,3)18)11-6-5-10-12(16-11)15-8-7-14-10/h5-8,18H,4,9H2,1-3H3. The van der Waals surface area contributed by atoms with Gasteiger partial charge in [0, 0.05) is 25.5 Å².